The molecule has 0 radical (unpaired) electrons. The topological polar surface area (TPSA) is 83.8 Å². The van der Waals surface area contributed by atoms with Crippen LogP contribution in [0.15, 0.2) is 0 Å². The normalized spacial score (nSPS) is 14.5. The molecular formula is C10H18O5. The van der Waals surface area contributed by atoms with E-state index in [1.165, 1.54) is 0 Å². The lowest BCUT2D eigenvalue weighted by atomic mass is 10.1. The van der Waals surface area contributed by atoms with Crippen molar-refractivity contribution in [2.75, 3.05) is 13.2 Å². The molecule has 0 saturated carbocycles. The van der Waals surface area contributed by atoms with Crippen LogP contribution >= 0.6 is 0 Å². The second-order valence-corrected chi connectivity index (χ2v) is 3.42. The van der Waals surface area contributed by atoms with Gasteiger partial charge in [0.2, 0.25) is 0 Å². The van der Waals surface area contributed by atoms with E-state index in [-0.39, 0.29) is 13.2 Å². The summed E-state index contributed by atoms with van der Waals surface area (Å²) in [5.41, 5.74) is 0. The van der Waals surface area contributed by atoms with Gasteiger partial charge in [-0.05, 0) is 12.8 Å². The van der Waals surface area contributed by atoms with Crippen LogP contribution in [0.2, 0.25) is 0 Å². The lowest BCUT2D eigenvalue weighted by Crippen LogP contribution is -2.24. The van der Waals surface area contributed by atoms with Crippen LogP contribution in [0, 0.1) is 11.8 Å². The largest absolute Gasteiger partial charge is 0.481 e. The summed E-state index contributed by atoms with van der Waals surface area (Å²) in [6.07, 6.45) is 0.971. The number of carboxylic acids is 2. The molecule has 5 nitrogen and oxygen atoms in total. The molecule has 0 saturated heterocycles. The minimum Gasteiger partial charge on any atom is -0.481 e. The molecule has 0 aliphatic carbocycles. The molecule has 0 unspecified atom stereocenters. The van der Waals surface area contributed by atoms with Crippen LogP contribution in [0.3, 0.4) is 0 Å². The molecular weight excluding hydrogens is 200 g/mol. The molecule has 0 aromatic heterocycles. The van der Waals surface area contributed by atoms with Gasteiger partial charge in [-0.3, -0.25) is 9.59 Å². The number of hydrogen-bond donors (Lipinski definition) is 2. The second kappa shape index (κ2) is 7.23. The highest BCUT2D eigenvalue weighted by Crippen LogP contribution is 2.07. The molecule has 0 aromatic carbocycles. The Kier molecular flexibility index (Phi) is 6.70. The van der Waals surface area contributed by atoms with E-state index in [9.17, 15) is 9.59 Å². The van der Waals surface area contributed by atoms with Crippen molar-refractivity contribution in [3.8, 4) is 0 Å². The molecule has 0 spiro atoms. The van der Waals surface area contributed by atoms with Crippen LogP contribution < -0.4 is 0 Å². The van der Waals surface area contributed by atoms with Gasteiger partial charge in [-0.1, -0.05) is 13.8 Å². The molecule has 0 rings (SSSR count). The van der Waals surface area contributed by atoms with Crippen molar-refractivity contribution in [3.05, 3.63) is 0 Å². The van der Waals surface area contributed by atoms with Crippen LogP contribution in [0.5, 0.6) is 0 Å². The Hall–Kier alpha value is -1.10. The third kappa shape index (κ3) is 5.37. The number of rotatable bonds is 8. The maximum absolute atomic E-state index is 10.6. The predicted molar refractivity (Wildman–Crippen MR) is 53.7 cm³/mol. The highest BCUT2D eigenvalue weighted by atomic mass is 16.5. The Morgan fingerprint density at radius 3 is 1.53 bits per heavy atom. The number of carbonyl (C=O) groups is 2. The smallest absolute Gasteiger partial charge is 0.308 e. The summed E-state index contributed by atoms with van der Waals surface area (Å²) in [5, 5.41) is 17.4. The van der Waals surface area contributed by atoms with Crippen LogP contribution in [0.4, 0.5) is 0 Å². The summed E-state index contributed by atoms with van der Waals surface area (Å²) >= 11 is 0. The highest BCUT2D eigenvalue weighted by molar-refractivity contribution is 5.70. The molecule has 0 bridgehead atoms. The summed E-state index contributed by atoms with van der Waals surface area (Å²) in [7, 11) is 0. The maximum atomic E-state index is 10.6. The van der Waals surface area contributed by atoms with Crippen LogP contribution in [-0.2, 0) is 14.3 Å². The van der Waals surface area contributed by atoms with E-state index in [2.05, 4.69) is 0 Å². The molecule has 88 valence electrons. The van der Waals surface area contributed by atoms with E-state index in [0.29, 0.717) is 12.8 Å². The Bertz CT molecular complexity index is 192. The molecule has 0 amide bonds. The van der Waals surface area contributed by atoms with Crippen LogP contribution in [0.25, 0.3) is 0 Å². The number of aliphatic carboxylic acids is 2. The number of carboxylic acid groups (broad SMARTS) is 2. The number of ether oxygens (including phenoxy) is 1. The minimum atomic E-state index is -0.902. The molecule has 15 heavy (non-hydrogen) atoms. The molecule has 0 aliphatic heterocycles. The maximum Gasteiger partial charge on any atom is 0.308 e. The molecule has 2 atom stereocenters. The Balaban J connectivity index is 3.85. The molecule has 0 aliphatic rings. The molecule has 0 fully saturated rings. The third-order valence-electron chi connectivity index (χ3n) is 2.32. The van der Waals surface area contributed by atoms with E-state index >= 15 is 0 Å². The van der Waals surface area contributed by atoms with Crippen molar-refractivity contribution in [1.82, 2.24) is 0 Å². The van der Waals surface area contributed by atoms with Crippen molar-refractivity contribution in [2.24, 2.45) is 11.8 Å². The summed E-state index contributed by atoms with van der Waals surface area (Å²) in [5.74, 6) is -2.89. The van der Waals surface area contributed by atoms with Crippen molar-refractivity contribution in [3.63, 3.8) is 0 Å². The van der Waals surface area contributed by atoms with Gasteiger partial charge in [-0.25, -0.2) is 0 Å². The fourth-order valence-corrected chi connectivity index (χ4v) is 1.08. The quantitative estimate of drug-likeness (QED) is 0.640. The fourth-order valence-electron chi connectivity index (χ4n) is 1.08. The second-order valence-electron chi connectivity index (χ2n) is 3.42. The van der Waals surface area contributed by atoms with E-state index < -0.39 is 23.8 Å². The van der Waals surface area contributed by atoms with Crippen LogP contribution in [-0.4, -0.2) is 35.4 Å². The van der Waals surface area contributed by atoms with Crippen molar-refractivity contribution < 1.29 is 24.5 Å². The summed E-state index contributed by atoms with van der Waals surface area (Å²) in [6.45, 7) is 3.68. The van der Waals surface area contributed by atoms with Gasteiger partial charge in [0.05, 0.1) is 25.0 Å². The lowest BCUT2D eigenvalue weighted by Gasteiger charge is -2.13. The first-order valence-electron chi connectivity index (χ1n) is 5.06. The summed E-state index contributed by atoms with van der Waals surface area (Å²) < 4.78 is 5.10. The monoisotopic (exact) mass is 218 g/mol. The van der Waals surface area contributed by atoms with Crippen molar-refractivity contribution in [1.29, 1.82) is 0 Å². The van der Waals surface area contributed by atoms with Gasteiger partial charge >= 0.3 is 11.9 Å². The molecule has 0 heterocycles. The molecule has 0 aromatic rings. The summed E-state index contributed by atoms with van der Waals surface area (Å²) in [4.78, 5) is 21.2. The highest BCUT2D eigenvalue weighted by Gasteiger charge is 2.18. The standard InChI is InChI=1S/C10H18O5/c1-3-7(9(11)12)5-15-6-8(4-2)10(13)14/h7-8H,3-6H2,1-2H3,(H,11,12)(H,13,14)/t7-,8-/m0/s1. The number of hydrogen-bond acceptors (Lipinski definition) is 3. The van der Waals surface area contributed by atoms with Crippen molar-refractivity contribution in [2.45, 2.75) is 26.7 Å². The van der Waals surface area contributed by atoms with E-state index in [1.54, 1.807) is 13.8 Å². The van der Waals surface area contributed by atoms with Gasteiger partial charge in [-0.15, -0.1) is 0 Å². The predicted octanol–water partition coefficient (Wildman–Crippen LogP) is 1.22. The molecule has 5 heteroatoms. The van der Waals surface area contributed by atoms with Gasteiger partial charge in [-0.2, -0.15) is 0 Å². The van der Waals surface area contributed by atoms with Gasteiger partial charge in [0.1, 0.15) is 0 Å². The van der Waals surface area contributed by atoms with E-state index in [0.717, 1.165) is 0 Å². The van der Waals surface area contributed by atoms with Gasteiger partial charge in [0.15, 0.2) is 0 Å². The van der Waals surface area contributed by atoms with E-state index in [1.807, 2.05) is 0 Å². The van der Waals surface area contributed by atoms with Crippen molar-refractivity contribution >= 4 is 11.9 Å². The molecule has 2 N–H and O–H groups in total. The average molecular weight is 218 g/mol. The third-order valence-corrected chi connectivity index (χ3v) is 2.32. The summed E-state index contributed by atoms with van der Waals surface area (Å²) in [6, 6.07) is 0. The van der Waals surface area contributed by atoms with Gasteiger partial charge < -0.3 is 14.9 Å². The fraction of sp³-hybridized carbons (Fsp3) is 0.800. The zero-order valence-electron chi connectivity index (χ0n) is 9.10. The van der Waals surface area contributed by atoms with Gasteiger partial charge in [0, 0.05) is 0 Å². The first-order chi connectivity index (χ1) is 7.02. The minimum absolute atomic E-state index is 0.0790. The Morgan fingerprint density at radius 2 is 1.33 bits per heavy atom. The zero-order valence-corrected chi connectivity index (χ0v) is 9.10. The Labute approximate surface area is 89.0 Å². The van der Waals surface area contributed by atoms with E-state index in [4.69, 9.17) is 14.9 Å². The first kappa shape index (κ1) is 13.9. The average Bonchev–Trinajstić information content (AvgIpc) is 2.17. The SMILES string of the molecule is CC[C@@H](COC[C@H](CC)C(=O)O)C(=O)O. The van der Waals surface area contributed by atoms with Gasteiger partial charge in [0.25, 0.3) is 0 Å². The Morgan fingerprint density at radius 1 is 1.00 bits per heavy atom. The lowest BCUT2D eigenvalue weighted by molar-refractivity contribution is -0.146. The first-order valence-corrected chi connectivity index (χ1v) is 5.06. The zero-order chi connectivity index (χ0) is 11.8. The van der Waals surface area contributed by atoms with Crippen LogP contribution in [0.1, 0.15) is 26.7 Å².